The van der Waals surface area contributed by atoms with Crippen molar-refractivity contribution in [1.82, 2.24) is 19.6 Å². The maximum Gasteiger partial charge on any atom is 0.433 e. The van der Waals surface area contributed by atoms with Crippen LogP contribution in [0.15, 0.2) is 35.5 Å². The van der Waals surface area contributed by atoms with Gasteiger partial charge >= 0.3 is 6.18 Å². The van der Waals surface area contributed by atoms with Gasteiger partial charge < -0.3 is 0 Å². The number of anilines is 1. The van der Waals surface area contributed by atoms with Crippen LogP contribution in [0.25, 0.3) is 5.65 Å². The molecular weight excluding hydrogens is 366 g/mol. The highest BCUT2D eigenvalue weighted by atomic mass is 32.2. The van der Waals surface area contributed by atoms with Crippen LogP contribution in [0.2, 0.25) is 0 Å². The zero-order valence-electron chi connectivity index (χ0n) is 12.4. The predicted octanol–water partition coefficient (Wildman–Crippen LogP) is 2.39. The Bertz CT molecular complexity index is 1060. The Morgan fingerprint density at radius 1 is 1.16 bits per heavy atom. The molecule has 0 amide bonds. The minimum absolute atomic E-state index is 0.204. The number of aromatic nitrogens is 4. The fourth-order valence-corrected chi connectivity index (χ4v) is 2.95. The van der Waals surface area contributed by atoms with Crippen molar-refractivity contribution in [2.75, 3.05) is 4.72 Å². The lowest BCUT2D eigenvalue weighted by molar-refractivity contribution is -0.141. The van der Waals surface area contributed by atoms with Crippen molar-refractivity contribution in [1.29, 1.82) is 0 Å². The Morgan fingerprint density at radius 2 is 1.84 bits per heavy atom. The number of aryl methyl sites for hydroxylation is 1. The van der Waals surface area contributed by atoms with Crippen molar-refractivity contribution < 1.29 is 26.0 Å². The summed E-state index contributed by atoms with van der Waals surface area (Å²) >= 11 is 0. The first-order chi connectivity index (χ1) is 11.6. The number of fused-ring (bicyclic) bond motifs is 1. The van der Waals surface area contributed by atoms with Gasteiger partial charge in [-0.1, -0.05) is 12.1 Å². The molecule has 3 aromatic rings. The number of alkyl halides is 3. The van der Waals surface area contributed by atoms with Gasteiger partial charge in [-0.3, -0.25) is 4.72 Å². The molecule has 1 aromatic carbocycles. The van der Waals surface area contributed by atoms with Gasteiger partial charge in [0, 0.05) is 6.07 Å². The molecule has 132 valence electrons. The van der Waals surface area contributed by atoms with Crippen molar-refractivity contribution in [2.45, 2.75) is 18.3 Å². The Balaban J connectivity index is 2.07. The van der Waals surface area contributed by atoms with Gasteiger partial charge in [0.05, 0.1) is 5.69 Å². The number of hydrogen-bond donors (Lipinski definition) is 1. The summed E-state index contributed by atoms with van der Waals surface area (Å²) in [5.41, 5.74) is -1.92. The summed E-state index contributed by atoms with van der Waals surface area (Å²) in [6, 6.07) is 5.56. The molecule has 12 heteroatoms. The van der Waals surface area contributed by atoms with Gasteiger partial charge in [-0.15, -0.1) is 5.10 Å². The molecule has 25 heavy (non-hydrogen) atoms. The third kappa shape index (κ3) is 3.24. The largest absolute Gasteiger partial charge is 0.433 e. The van der Waals surface area contributed by atoms with Crippen LogP contribution in [0.1, 0.15) is 11.5 Å². The van der Waals surface area contributed by atoms with E-state index in [2.05, 4.69) is 15.1 Å². The lowest BCUT2D eigenvalue weighted by Gasteiger charge is -2.06. The van der Waals surface area contributed by atoms with E-state index in [4.69, 9.17) is 0 Å². The fourth-order valence-electron chi connectivity index (χ4n) is 2.01. The average Bonchev–Trinajstić information content (AvgIpc) is 2.94. The number of benzene rings is 1. The van der Waals surface area contributed by atoms with E-state index in [9.17, 15) is 26.0 Å². The van der Waals surface area contributed by atoms with Crippen LogP contribution in [0.4, 0.5) is 23.2 Å². The number of hydrogen-bond acceptors (Lipinski definition) is 5. The Morgan fingerprint density at radius 3 is 2.48 bits per heavy atom. The monoisotopic (exact) mass is 375 g/mol. The number of sulfonamides is 1. The second-order valence-corrected chi connectivity index (χ2v) is 6.51. The molecule has 2 aromatic heterocycles. The SMILES string of the molecule is Cc1nc(C(F)(F)F)cc2nc(S(=O)(=O)Nc3ccccc3F)nn12. The van der Waals surface area contributed by atoms with Gasteiger partial charge in [-0.2, -0.15) is 31.1 Å². The second-order valence-electron chi connectivity index (χ2n) is 4.94. The molecule has 0 spiro atoms. The van der Waals surface area contributed by atoms with Gasteiger partial charge in [0.15, 0.2) is 5.65 Å². The van der Waals surface area contributed by atoms with E-state index in [1.165, 1.54) is 25.1 Å². The Hall–Kier alpha value is -2.76. The van der Waals surface area contributed by atoms with Crippen LogP contribution < -0.4 is 4.72 Å². The van der Waals surface area contributed by atoms with Gasteiger partial charge in [0.1, 0.15) is 17.3 Å². The third-order valence-electron chi connectivity index (χ3n) is 3.12. The number of nitrogens with zero attached hydrogens (tertiary/aromatic N) is 4. The fraction of sp³-hybridized carbons (Fsp3) is 0.154. The topological polar surface area (TPSA) is 89.2 Å². The highest BCUT2D eigenvalue weighted by Crippen LogP contribution is 2.28. The van der Waals surface area contributed by atoms with Crippen molar-refractivity contribution >= 4 is 21.4 Å². The average molecular weight is 375 g/mol. The zero-order valence-corrected chi connectivity index (χ0v) is 13.2. The summed E-state index contributed by atoms with van der Waals surface area (Å²) < 4.78 is 79.2. The van der Waals surface area contributed by atoms with Crippen LogP contribution in [0.3, 0.4) is 0 Å². The maximum absolute atomic E-state index is 13.6. The maximum atomic E-state index is 13.6. The molecule has 0 saturated carbocycles. The Labute approximate surface area is 138 Å². The van der Waals surface area contributed by atoms with Crippen molar-refractivity contribution in [3.63, 3.8) is 0 Å². The molecule has 0 bridgehead atoms. The molecule has 1 N–H and O–H groups in total. The number of halogens is 4. The highest BCUT2D eigenvalue weighted by molar-refractivity contribution is 7.92. The highest BCUT2D eigenvalue weighted by Gasteiger charge is 2.34. The van der Waals surface area contributed by atoms with E-state index in [1.807, 2.05) is 4.72 Å². The van der Waals surface area contributed by atoms with E-state index in [1.54, 1.807) is 0 Å². The minimum atomic E-state index is -4.72. The van der Waals surface area contributed by atoms with Crippen molar-refractivity contribution in [3.05, 3.63) is 47.7 Å². The molecule has 0 saturated heterocycles. The van der Waals surface area contributed by atoms with Crippen LogP contribution in [0, 0.1) is 12.7 Å². The summed E-state index contributed by atoms with van der Waals surface area (Å²) in [4.78, 5) is 6.91. The van der Waals surface area contributed by atoms with Crippen LogP contribution in [-0.4, -0.2) is 28.0 Å². The van der Waals surface area contributed by atoms with Crippen LogP contribution >= 0.6 is 0 Å². The molecule has 0 aliphatic heterocycles. The predicted molar refractivity (Wildman–Crippen MR) is 77.7 cm³/mol. The van der Waals surface area contributed by atoms with Gasteiger partial charge in [0.2, 0.25) is 0 Å². The lowest BCUT2D eigenvalue weighted by Crippen LogP contribution is -2.15. The molecule has 0 unspecified atom stereocenters. The zero-order chi connectivity index (χ0) is 18.4. The van der Waals surface area contributed by atoms with E-state index < -0.39 is 32.9 Å². The van der Waals surface area contributed by atoms with E-state index in [-0.39, 0.29) is 17.2 Å². The molecule has 0 aliphatic rings. The first-order valence-corrected chi connectivity index (χ1v) is 8.15. The van der Waals surface area contributed by atoms with Gasteiger partial charge in [-0.25, -0.2) is 9.37 Å². The summed E-state index contributed by atoms with van der Waals surface area (Å²) in [5.74, 6) is -1.03. The third-order valence-corrected chi connectivity index (χ3v) is 4.26. The number of para-hydroxylation sites is 1. The van der Waals surface area contributed by atoms with Gasteiger partial charge in [-0.05, 0) is 19.1 Å². The normalized spacial score (nSPS) is 12.5. The summed E-state index contributed by atoms with van der Waals surface area (Å²) in [6.45, 7) is 1.22. The first kappa shape index (κ1) is 17.1. The standard InChI is InChI=1S/C13H9F4N5O2S/c1-7-18-10(13(15,16)17)6-11-19-12(20-22(7)11)25(23,24)21-9-5-3-2-4-8(9)14/h2-6,21H,1H3. The first-order valence-electron chi connectivity index (χ1n) is 6.67. The summed E-state index contributed by atoms with van der Waals surface area (Å²) in [5, 5.41) is 2.83. The van der Waals surface area contributed by atoms with Crippen LogP contribution in [0.5, 0.6) is 0 Å². The van der Waals surface area contributed by atoms with E-state index in [0.717, 1.165) is 10.6 Å². The van der Waals surface area contributed by atoms with Gasteiger partial charge in [0.25, 0.3) is 15.2 Å². The molecule has 3 rings (SSSR count). The van der Waals surface area contributed by atoms with E-state index >= 15 is 0 Å². The summed E-state index contributed by atoms with van der Waals surface area (Å²) in [7, 11) is -4.40. The Kier molecular flexibility index (Phi) is 3.86. The number of nitrogens with one attached hydrogen (secondary N) is 1. The molecule has 0 fully saturated rings. The van der Waals surface area contributed by atoms with E-state index in [0.29, 0.717) is 6.07 Å². The van der Waals surface area contributed by atoms with Crippen LogP contribution in [-0.2, 0) is 16.2 Å². The quantitative estimate of drug-likeness (QED) is 0.710. The molecule has 0 aliphatic carbocycles. The molecule has 2 heterocycles. The molecule has 7 nitrogen and oxygen atoms in total. The second kappa shape index (κ2) is 5.65. The smallest absolute Gasteiger partial charge is 0.274 e. The lowest BCUT2D eigenvalue weighted by atomic mass is 10.3. The number of rotatable bonds is 3. The minimum Gasteiger partial charge on any atom is -0.274 e. The van der Waals surface area contributed by atoms with Crippen molar-refractivity contribution in [3.8, 4) is 0 Å². The van der Waals surface area contributed by atoms with Crippen molar-refractivity contribution in [2.24, 2.45) is 0 Å². The molecular formula is C13H9F4N5O2S. The molecule has 0 atom stereocenters. The molecule has 0 radical (unpaired) electrons. The summed E-state index contributed by atoms with van der Waals surface area (Å²) in [6.07, 6.45) is -4.72.